The molecular weight excluding hydrogens is 182 g/mol. The second-order valence-electron chi connectivity index (χ2n) is 3.26. The quantitative estimate of drug-likeness (QED) is 0.703. The van der Waals surface area contributed by atoms with Crippen molar-refractivity contribution in [3.8, 4) is 0 Å². The smallest absolute Gasteiger partial charge is 0.0801 e. The summed E-state index contributed by atoms with van der Waals surface area (Å²) >= 11 is 1.85. The summed E-state index contributed by atoms with van der Waals surface area (Å²) in [5.41, 5.74) is 11.5. The van der Waals surface area contributed by atoms with Gasteiger partial charge in [-0.05, 0) is 24.8 Å². The van der Waals surface area contributed by atoms with Gasteiger partial charge in [-0.15, -0.1) is 11.8 Å². The van der Waals surface area contributed by atoms with Crippen LogP contribution in [0.5, 0.6) is 0 Å². The maximum Gasteiger partial charge on any atom is 0.0801 e. The molecule has 0 spiro atoms. The lowest BCUT2D eigenvalue weighted by Crippen LogP contribution is -2.42. The van der Waals surface area contributed by atoms with E-state index >= 15 is 0 Å². The van der Waals surface area contributed by atoms with Crippen molar-refractivity contribution in [2.24, 2.45) is 11.5 Å². The molecule has 0 saturated heterocycles. The van der Waals surface area contributed by atoms with Crippen LogP contribution in [0.15, 0.2) is 11.6 Å². The van der Waals surface area contributed by atoms with Crippen molar-refractivity contribution in [1.82, 2.24) is 4.90 Å². The predicted molar refractivity (Wildman–Crippen MR) is 58.9 cm³/mol. The van der Waals surface area contributed by atoms with Crippen molar-refractivity contribution in [2.75, 3.05) is 6.54 Å². The molecule has 0 aliphatic carbocycles. The van der Waals surface area contributed by atoms with Gasteiger partial charge in [-0.2, -0.15) is 0 Å². The van der Waals surface area contributed by atoms with Crippen molar-refractivity contribution >= 4 is 11.8 Å². The van der Waals surface area contributed by atoms with Crippen LogP contribution in [0.4, 0.5) is 0 Å². The molecule has 2 atom stereocenters. The van der Waals surface area contributed by atoms with Gasteiger partial charge in [0.25, 0.3) is 0 Å². The van der Waals surface area contributed by atoms with Gasteiger partial charge < -0.3 is 16.4 Å². The number of nitrogens with zero attached hydrogens (tertiary/aromatic N) is 1. The highest BCUT2D eigenvalue weighted by Crippen LogP contribution is 2.29. The van der Waals surface area contributed by atoms with Crippen LogP contribution in [0, 0.1) is 0 Å². The van der Waals surface area contributed by atoms with Gasteiger partial charge in [-0.1, -0.05) is 13.3 Å². The third-order valence-corrected chi connectivity index (χ3v) is 3.25. The van der Waals surface area contributed by atoms with Crippen LogP contribution in [0.1, 0.15) is 26.2 Å². The van der Waals surface area contributed by atoms with Crippen molar-refractivity contribution < 1.29 is 0 Å². The molecule has 0 aromatic heterocycles. The van der Waals surface area contributed by atoms with Crippen LogP contribution in [-0.4, -0.2) is 23.0 Å². The van der Waals surface area contributed by atoms with Crippen LogP contribution in [0.3, 0.4) is 0 Å². The minimum atomic E-state index is 0.0906. The molecule has 4 heteroatoms. The molecule has 0 aromatic carbocycles. The standard InChI is InChI=1S/C9H19N3S/c1-2-3-9-12(6-7-13-9)8(11)4-5-10/h6-9H,2-5,10-11H2,1H3. The summed E-state index contributed by atoms with van der Waals surface area (Å²) in [4.78, 5) is 2.22. The van der Waals surface area contributed by atoms with Gasteiger partial charge in [-0.3, -0.25) is 0 Å². The largest absolute Gasteiger partial charge is 0.350 e. The SMILES string of the molecule is CCCC1SC=CN1C(N)CCN. The molecule has 0 amide bonds. The second-order valence-corrected chi connectivity index (χ2v) is 4.34. The summed E-state index contributed by atoms with van der Waals surface area (Å²) < 4.78 is 0. The monoisotopic (exact) mass is 201 g/mol. The van der Waals surface area contributed by atoms with Gasteiger partial charge >= 0.3 is 0 Å². The fourth-order valence-corrected chi connectivity index (χ4v) is 2.60. The highest BCUT2D eigenvalue weighted by molar-refractivity contribution is 8.02. The Labute approximate surface area is 84.5 Å². The average Bonchev–Trinajstić information content (AvgIpc) is 2.54. The molecule has 1 aliphatic rings. The van der Waals surface area contributed by atoms with E-state index in [2.05, 4.69) is 23.4 Å². The van der Waals surface area contributed by atoms with Crippen molar-refractivity contribution in [1.29, 1.82) is 0 Å². The van der Waals surface area contributed by atoms with E-state index in [-0.39, 0.29) is 6.17 Å². The summed E-state index contributed by atoms with van der Waals surface area (Å²) in [5, 5.41) is 2.66. The highest BCUT2D eigenvalue weighted by Gasteiger charge is 2.23. The van der Waals surface area contributed by atoms with Crippen LogP contribution >= 0.6 is 11.8 Å². The molecule has 3 nitrogen and oxygen atoms in total. The van der Waals surface area contributed by atoms with Crippen LogP contribution < -0.4 is 11.5 Å². The summed E-state index contributed by atoms with van der Waals surface area (Å²) in [6.45, 7) is 2.86. The number of hydrogen-bond acceptors (Lipinski definition) is 4. The molecule has 13 heavy (non-hydrogen) atoms. The molecule has 4 N–H and O–H groups in total. The van der Waals surface area contributed by atoms with Crippen LogP contribution in [-0.2, 0) is 0 Å². The topological polar surface area (TPSA) is 55.3 Å². The normalized spacial score (nSPS) is 23.9. The van der Waals surface area contributed by atoms with Gasteiger partial charge in [0, 0.05) is 6.20 Å². The van der Waals surface area contributed by atoms with Crippen molar-refractivity contribution in [3.63, 3.8) is 0 Å². The first-order valence-electron chi connectivity index (χ1n) is 4.84. The summed E-state index contributed by atoms with van der Waals surface area (Å²) in [7, 11) is 0. The zero-order valence-electron chi connectivity index (χ0n) is 8.15. The number of hydrogen-bond donors (Lipinski definition) is 2. The first-order chi connectivity index (χ1) is 6.29. The molecule has 0 bridgehead atoms. The Morgan fingerprint density at radius 2 is 2.38 bits per heavy atom. The van der Waals surface area contributed by atoms with Gasteiger partial charge in [0.15, 0.2) is 0 Å². The third kappa shape index (κ3) is 2.90. The third-order valence-electron chi connectivity index (χ3n) is 2.18. The van der Waals surface area contributed by atoms with Gasteiger partial charge in [0.2, 0.25) is 0 Å². The molecule has 76 valence electrons. The second kappa shape index (κ2) is 5.52. The van der Waals surface area contributed by atoms with E-state index in [1.54, 1.807) is 0 Å². The van der Waals surface area contributed by atoms with E-state index < -0.39 is 0 Å². The Kier molecular flexibility index (Phi) is 4.62. The summed E-state index contributed by atoms with van der Waals surface area (Å²) in [5.74, 6) is 0. The van der Waals surface area contributed by atoms with Crippen molar-refractivity contribution in [3.05, 3.63) is 11.6 Å². The van der Waals surface area contributed by atoms with E-state index in [1.807, 2.05) is 11.8 Å². The Bertz CT molecular complexity index is 172. The fraction of sp³-hybridized carbons (Fsp3) is 0.778. The average molecular weight is 201 g/mol. The molecule has 1 aliphatic heterocycles. The minimum absolute atomic E-state index is 0.0906. The number of nitrogens with two attached hydrogens (primary N) is 2. The molecule has 0 saturated carbocycles. The van der Waals surface area contributed by atoms with Crippen LogP contribution in [0.25, 0.3) is 0 Å². The maximum absolute atomic E-state index is 5.99. The first-order valence-corrected chi connectivity index (χ1v) is 5.79. The van der Waals surface area contributed by atoms with E-state index in [0.717, 1.165) is 6.42 Å². The molecule has 1 rings (SSSR count). The molecule has 0 fully saturated rings. The van der Waals surface area contributed by atoms with E-state index in [4.69, 9.17) is 11.5 Å². The van der Waals surface area contributed by atoms with E-state index in [1.165, 1.54) is 12.8 Å². The lowest BCUT2D eigenvalue weighted by atomic mass is 10.2. The summed E-state index contributed by atoms with van der Waals surface area (Å²) in [6, 6.07) is 0. The predicted octanol–water partition coefficient (Wildman–Crippen LogP) is 1.27. The Hall–Kier alpha value is -0.190. The highest BCUT2D eigenvalue weighted by atomic mass is 32.2. The Morgan fingerprint density at radius 1 is 1.62 bits per heavy atom. The Morgan fingerprint density at radius 3 is 3.00 bits per heavy atom. The number of thioether (sulfide) groups is 1. The van der Waals surface area contributed by atoms with E-state index in [9.17, 15) is 0 Å². The molecule has 2 unspecified atom stereocenters. The molecular formula is C9H19N3S. The molecule has 1 heterocycles. The Balaban J connectivity index is 2.41. The fourth-order valence-electron chi connectivity index (χ4n) is 1.47. The lowest BCUT2D eigenvalue weighted by molar-refractivity contribution is 0.251. The summed E-state index contributed by atoms with van der Waals surface area (Å²) in [6.07, 6.45) is 5.44. The zero-order chi connectivity index (χ0) is 9.68. The van der Waals surface area contributed by atoms with Gasteiger partial charge in [0.05, 0.1) is 11.5 Å². The minimum Gasteiger partial charge on any atom is -0.350 e. The molecule has 0 radical (unpaired) electrons. The lowest BCUT2D eigenvalue weighted by Gasteiger charge is -2.30. The van der Waals surface area contributed by atoms with Crippen LogP contribution in [0.2, 0.25) is 0 Å². The maximum atomic E-state index is 5.99. The molecule has 0 aromatic rings. The first kappa shape index (κ1) is 10.9. The van der Waals surface area contributed by atoms with Gasteiger partial charge in [0.1, 0.15) is 0 Å². The number of rotatable bonds is 5. The van der Waals surface area contributed by atoms with E-state index in [0.29, 0.717) is 11.9 Å². The van der Waals surface area contributed by atoms with Gasteiger partial charge in [-0.25, -0.2) is 0 Å². The zero-order valence-corrected chi connectivity index (χ0v) is 8.96. The van der Waals surface area contributed by atoms with Crippen molar-refractivity contribution in [2.45, 2.75) is 37.7 Å².